The number of fused-ring (bicyclic) bond motifs is 1. The summed E-state index contributed by atoms with van der Waals surface area (Å²) in [6, 6.07) is 18.3. The van der Waals surface area contributed by atoms with E-state index in [-0.39, 0.29) is 0 Å². The number of hydrogen-bond donors (Lipinski definition) is 1. The molecule has 0 amide bonds. The predicted octanol–water partition coefficient (Wildman–Crippen LogP) is 5.23. The van der Waals surface area contributed by atoms with Crippen LogP contribution in [-0.2, 0) is 4.74 Å². The molecule has 0 atom stereocenters. The van der Waals surface area contributed by atoms with Gasteiger partial charge in [0.1, 0.15) is 10.7 Å². The average molecular weight is 432 g/mol. The van der Waals surface area contributed by atoms with Crippen molar-refractivity contribution in [2.75, 3.05) is 36.5 Å². The highest BCUT2D eigenvalue weighted by Crippen LogP contribution is 2.30. The van der Waals surface area contributed by atoms with Gasteiger partial charge >= 0.3 is 0 Å². The topological polar surface area (TPSA) is 63.2 Å². The normalized spacial score (nSPS) is 14.1. The Hall–Kier alpha value is -3.22. The molecule has 2 aromatic heterocycles. The van der Waals surface area contributed by atoms with Crippen molar-refractivity contribution in [1.29, 1.82) is 0 Å². The summed E-state index contributed by atoms with van der Waals surface area (Å²) in [4.78, 5) is 16.1. The maximum atomic E-state index is 6.51. The maximum absolute atomic E-state index is 6.51. The zero-order valence-corrected chi connectivity index (χ0v) is 17.9. The fraction of sp³-hybridized carbons (Fsp3) is 0.208. The Balaban J connectivity index is 1.47. The molecule has 0 saturated carbocycles. The van der Waals surface area contributed by atoms with Crippen molar-refractivity contribution >= 4 is 39.8 Å². The number of ether oxygens (including phenoxy) is 1. The molecular formula is C24H22ClN5O. The summed E-state index contributed by atoms with van der Waals surface area (Å²) >= 11 is 6.51. The first-order valence-electron chi connectivity index (χ1n) is 10.3. The molecule has 4 aromatic rings. The number of anilines is 3. The van der Waals surface area contributed by atoms with Crippen molar-refractivity contribution in [2.45, 2.75) is 6.92 Å². The summed E-state index contributed by atoms with van der Waals surface area (Å²) in [5.74, 6) is 0.443. The Morgan fingerprint density at radius 1 is 1.00 bits per heavy atom. The van der Waals surface area contributed by atoms with E-state index in [1.807, 2.05) is 30.3 Å². The van der Waals surface area contributed by atoms with Crippen LogP contribution in [0.4, 0.5) is 17.3 Å². The molecule has 0 aliphatic carbocycles. The average Bonchev–Trinajstić information content (AvgIpc) is 2.80. The lowest BCUT2D eigenvalue weighted by Gasteiger charge is -2.28. The van der Waals surface area contributed by atoms with Gasteiger partial charge in [0.2, 0.25) is 5.95 Å². The van der Waals surface area contributed by atoms with Crippen molar-refractivity contribution in [1.82, 2.24) is 15.0 Å². The Morgan fingerprint density at radius 2 is 1.81 bits per heavy atom. The number of aromatic nitrogens is 3. The summed E-state index contributed by atoms with van der Waals surface area (Å²) in [5, 5.41) is 4.46. The number of morpholine rings is 1. The quantitative estimate of drug-likeness (QED) is 0.446. The summed E-state index contributed by atoms with van der Waals surface area (Å²) in [7, 11) is 0. The Bertz CT molecular complexity index is 1220. The van der Waals surface area contributed by atoms with E-state index in [1.54, 1.807) is 6.20 Å². The first-order chi connectivity index (χ1) is 15.2. The van der Waals surface area contributed by atoms with Crippen molar-refractivity contribution < 1.29 is 4.74 Å². The van der Waals surface area contributed by atoms with Crippen LogP contribution in [0, 0.1) is 6.92 Å². The molecule has 1 saturated heterocycles. The molecule has 1 N–H and O–H groups in total. The van der Waals surface area contributed by atoms with E-state index in [9.17, 15) is 0 Å². The van der Waals surface area contributed by atoms with Crippen molar-refractivity contribution in [2.24, 2.45) is 0 Å². The van der Waals surface area contributed by atoms with Gasteiger partial charge in [-0.05, 0) is 43.3 Å². The lowest BCUT2D eigenvalue weighted by Crippen LogP contribution is -2.36. The summed E-state index contributed by atoms with van der Waals surface area (Å²) < 4.78 is 5.43. The van der Waals surface area contributed by atoms with E-state index in [0.29, 0.717) is 11.1 Å². The van der Waals surface area contributed by atoms with E-state index in [4.69, 9.17) is 21.3 Å². The van der Waals surface area contributed by atoms with Crippen molar-refractivity contribution in [3.05, 3.63) is 71.5 Å². The van der Waals surface area contributed by atoms with Crippen LogP contribution in [0.5, 0.6) is 0 Å². The number of nitrogens with zero attached hydrogens (tertiary/aromatic N) is 4. The molecule has 5 rings (SSSR count). The third-order valence-corrected chi connectivity index (χ3v) is 5.65. The van der Waals surface area contributed by atoms with E-state index >= 15 is 0 Å². The molecule has 3 heterocycles. The highest BCUT2D eigenvalue weighted by Gasteiger charge is 2.14. The van der Waals surface area contributed by atoms with Crippen LogP contribution in [0.25, 0.3) is 22.2 Å². The zero-order chi connectivity index (χ0) is 21.2. The van der Waals surface area contributed by atoms with Crippen LogP contribution in [-0.4, -0.2) is 41.3 Å². The molecule has 1 fully saturated rings. The molecule has 1 aliphatic heterocycles. The fourth-order valence-corrected chi connectivity index (χ4v) is 4.02. The molecule has 6 nitrogen and oxygen atoms in total. The Kier molecular flexibility index (Phi) is 5.40. The molecule has 2 aromatic carbocycles. The SMILES string of the molecule is Cc1cccc(-c2nccc3c(Cl)nc(Nc4ccc(N5CCOCC5)cc4)nc23)c1. The third-order valence-electron chi connectivity index (χ3n) is 5.36. The number of hydrogen-bond acceptors (Lipinski definition) is 6. The second-order valence-electron chi connectivity index (χ2n) is 7.53. The van der Waals surface area contributed by atoms with Crippen LogP contribution in [0.3, 0.4) is 0 Å². The highest BCUT2D eigenvalue weighted by atomic mass is 35.5. The molecule has 1 aliphatic rings. The Labute approximate surface area is 185 Å². The minimum Gasteiger partial charge on any atom is -0.378 e. The standard InChI is InChI=1S/C24H22ClN5O/c1-16-3-2-4-17(15-16)21-22-20(9-10-26-21)23(25)29-24(28-22)27-18-5-7-19(8-6-18)30-11-13-31-14-12-30/h2-10,15H,11-14H2,1H3,(H,27,28,29). The van der Waals surface area contributed by atoms with Crippen molar-refractivity contribution in [3.63, 3.8) is 0 Å². The molecule has 0 radical (unpaired) electrons. The van der Waals surface area contributed by atoms with Crippen molar-refractivity contribution in [3.8, 4) is 11.3 Å². The smallest absolute Gasteiger partial charge is 0.229 e. The molecule has 7 heteroatoms. The van der Waals surface area contributed by atoms with E-state index < -0.39 is 0 Å². The van der Waals surface area contributed by atoms with Gasteiger partial charge in [0.05, 0.1) is 18.9 Å². The van der Waals surface area contributed by atoms with Gasteiger partial charge in [0.25, 0.3) is 0 Å². The van der Waals surface area contributed by atoms with Gasteiger partial charge in [-0.1, -0.05) is 35.4 Å². The Morgan fingerprint density at radius 3 is 2.58 bits per heavy atom. The van der Waals surface area contributed by atoms with Gasteiger partial charge in [-0.15, -0.1) is 0 Å². The first-order valence-corrected chi connectivity index (χ1v) is 10.6. The molecule has 31 heavy (non-hydrogen) atoms. The first kappa shape index (κ1) is 19.7. The van der Waals surface area contributed by atoms with E-state index in [0.717, 1.165) is 59.7 Å². The lowest BCUT2D eigenvalue weighted by atomic mass is 10.1. The predicted molar refractivity (Wildman–Crippen MR) is 125 cm³/mol. The van der Waals surface area contributed by atoms with Crippen LogP contribution >= 0.6 is 11.6 Å². The summed E-state index contributed by atoms with van der Waals surface area (Å²) in [6.07, 6.45) is 1.74. The van der Waals surface area contributed by atoms with Gasteiger partial charge in [0, 0.05) is 41.6 Å². The monoisotopic (exact) mass is 431 g/mol. The largest absolute Gasteiger partial charge is 0.378 e. The summed E-state index contributed by atoms with van der Waals surface area (Å²) in [5.41, 5.74) is 5.75. The minimum atomic E-state index is 0.397. The fourth-order valence-electron chi connectivity index (χ4n) is 3.78. The van der Waals surface area contributed by atoms with E-state index in [2.05, 4.69) is 51.4 Å². The van der Waals surface area contributed by atoms with Crippen LogP contribution in [0.2, 0.25) is 5.15 Å². The number of rotatable bonds is 4. The zero-order valence-electron chi connectivity index (χ0n) is 17.2. The number of nitrogens with one attached hydrogen (secondary N) is 1. The second kappa shape index (κ2) is 8.49. The summed E-state index contributed by atoms with van der Waals surface area (Å²) in [6.45, 7) is 5.40. The number of pyridine rings is 1. The van der Waals surface area contributed by atoms with Gasteiger partial charge in [-0.2, -0.15) is 0 Å². The number of halogens is 1. The van der Waals surface area contributed by atoms with Gasteiger partial charge < -0.3 is 15.0 Å². The van der Waals surface area contributed by atoms with Gasteiger partial charge in [-0.25, -0.2) is 9.97 Å². The van der Waals surface area contributed by atoms with Crippen LogP contribution in [0.15, 0.2) is 60.8 Å². The molecule has 0 bridgehead atoms. The third kappa shape index (κ3) is 4.17. The second-order valence-corrected chi connectivity index (χ2v) is 7.89. The molecular weight excluding hydrogens is 410 g/mol. The molecule has 156 valence electrons. The molecule has 0 unspecified atom stereocenters. The van der Waals surface area contributed by atoms with E-state index in [1.165, 1.54) is 5.69 Å². The lowest BCUT2D eigenvalue weighted by molar-refractivity contribution is 0.122. The van der Waals surface area contributed by atoms with Crippen LogP contribution in [0.1, 0.15) is 5.56 Å². The highest BCUT2D eigenvalue weighted by molar-refractivity contribution is 6.34. The van der Waals surface area contributed by atoms with Gasteiger partial charge in [-0.3, -0.25) is 4.98 Å². The minimum absolute atomic E-state index is 0.397. The number of aryl methyl sites for hydroxylation is 1. The maximum Gasteiger partial charge on any atom is 0.229 e. The number of benzene rings is 2. The van der Waals surface area contributed by atoms with Crippen LogP contribution < -0.4 is 10.2 Å². The van der Waals surface area contributed by atoms with Gasteiger partial charge in [0.15, 0.2) is 0 Å². The molecule has 0 spiro atoms.